The summed E-state index contributed by atoms with van der Waals surface area (Å²) in [5, 5.41) is 12.5. The van der Waals surface area contributed by atoms with Gasteiger partial charge in [-0.1, -0.05) is 72.8 Å². The highest BCUT2D eigenvalue weighted by Gasteiger charge is 2.25. The minimum atomic E-state index is -1.07. The molecule has 2 N–H and O–H groups in total. The molecule has 154 valence electrons. The third-order valence-electron chi connectivity index (χ3n) is 4.72. The van der Waals surface area contributed by atoms with Crippen LogP contribution in [0.5, 0.6) is 0 Å². The molecule has 1 atom stereocenters. The second kappa shape index (κ2) is 10.6. The molecule has 0 saturated carbocycles. The molecule has 0 radical (unpaired) electrons. The zero-order chi connectivity index (χ0) is 21.3. The van der Waals surface area contributed by atoms with Crippen molar-refractivity contribution in [3.63, 3.8) is 0 Å². The number of carbonyl (C=O) groups excluding carboxylic acids is 1. The predicted octanol–water partition coefficient (Wildman–Crippen LogP) is 3.86. The van der Waals surface area contributed by atoms with E-state index in [1.54, 1.807) is 24.3 Å². The van der Waals surface area contributed by atoms with Crippen molar-refractivity contribution in [2.45, 2.75) is 12.6 Å². The van der Waals surface area contributed by atoms with Crippen LogP contribution in [-0.2, 0) is 16.1 Å². The van der Waals surface area contributed by atoms with Gasteiger partial charge >= 0.3 is 5.97 Å². The first kappa shape index (κ1) is 21.6. The molecule has 0 unspecified atom stereocenters. The maximum atomic E-state index is 13.0. The van der Waals surface area contributed by atoms with Crippen LogP contribution >= 0.6 is 12.6 Å². The fourth-order valence-electron chi connectivity index (χ4n) is 3.14. The molecule has 0 heterocycles. The standard InChI is InChI=1S/C24H24N2O3S/c27-23(28)16-26(21-9-5-2-6-10-21)24(29)22(17-30)25-15-18-11-13-20(14-12-18)19-7-3-1-4-8-19/h1-14,22,25,30H,15-17H2,(H,27,28)/t22-/m0/s1. The second-order valence-electron chi connectivity index (χ2n) is 6.83. The number of carboxylic acid groups (broad SMARTS) is 1. The smallest absolute Gasteiger partial charge is 0.323 e. The number of aliphatic carboxylic acids is 1. The largest absolute Gasteiger partial charge is 0.480 e. The number of amides is 1. The van der Waals surface area contributed by atoms with Crippen LogP contribution in [0, 0.1) is 0 Å². The third kappa shape index (κ3) is 5.72. The molecule has 0 aliphatic rings. The lowest BCUT2D eigenvalue weighted by Gasteiger charge is -2.26. The number of hydrogen-bond acceptors (Lipinski definition) is 4. The first-order chi connectivity index (χ1) is 14.6. The molecule has 0 aliphatic heterocycles. The van der Waals surface area contributed by atoms with Gasteiger partial charge in [-0.15, -0.1) is 0 Å². The van der Waals surface area contributed by atoms with E-state index >= 15 is 0 Å². The van der Waals surface area contributed by atoms with Crippen LogP contribution in [0.25, 0.3) is 11.1 Å². The van der Waals surface area contributed by atoms with E-state index < -0.39 is 18.6 Å². The highest BCUT2D eigenvalue weighted by molar-refractivity contribution is 7.80. The zero-order valence-electron chi connectivity index (χ0n) is 16.4. The van der Waals surface area contributed by atoms with Crippen molar-refractivity contribution in [2.75, 3.05) is 17.2 Å². The summed E-state index contributed by atoms with van der Waals surface area (Å²) in [6.45, 7) is 0.0717. The van der Waals surface area contributed by atoms with Crippen LogP contribution in [0.1, 0.15) is 5.56 Å². The van der Waals surface area contributed by atoms with E-state index in [0.717, 1.165) is 16.7 Å². The lowest BCUT2D eigenvalue weighted by molar-refractivity contribution is -0.136. The van der Waals surface area contributed by atoms with Crippen LogP contribution in [0.3, 0.4) is 0 Å². The fraction of sp³-hybridized carbons (Fsp3) is 0.167. The monoisotopic (exact) mass is 420 g/mol. The summed E-state index contributed by atoms with van der Waals surface area (Å²) in [7, 11) is 0. The first-order valence-corrected chi connectivity index (χ1v) is 10.3. The molecule has 3 aromatic carbocycles. The fourth-order valence-corrected chi connectivity index (χ4v) is 3.43. The van der Waals surface area contributed by atoms with Gasteiger partial charge in [-0.2, -0.15) is 12.6 Å². The van der Waals surface area contributed by atoms with Crippen molar-refractivity contribution < 1.29 is 14.7 Å². The average Bonchev–Trinajstić information content (AvgIpc) is 2.79. The van der Waals surface area contributed by atoms with Crippen molar-refractivity contribution in [1.29, 1.82) is 0 Å². The average molecular weight is 421 g/mol. The van der Waals surface area contributed by atoms with E-state index in [-0.39, 0.29) is 11.7 Å². The molecule has 0 aromatic heterocycles. The Morgan fingerprint density at radius 2 is 1.43 bits per heavy atom. The van der Waals surface area contributed by atoms with E-state index in [0.29, 0.717) is 12.2 Å². The Hall–Kier alpha value is -3.09. The minimum Gasteiger partial charge on any atom is -0.480 e. The highest BCUT2D eigenvalue weighted by Crippen LogP contribution is 2.19. The Kier molecular flexibility index (Phi) is 7.65. The number of thiol groups is 1. The van der Waals surface area contributed by atoms with E-state index in [4.69, 9.17) is 0 Å². The Bertz CT molecular complexity index is 963. The maximum Gasteiger partial charge on any atom is 0.323 e. The van der Waals surface area contributed by atoms with E-state index in [9.17, 15) is 14.7 Å². The molecule has 3 aromatic rings. The second-order valence-corrected chi connectivity index (χ2v) is 7.20. The van der Waals surface area contributed by atoms with E-state index in [2.05, 4.69) is 30.1 Å². The van der Waals surface area contributed by atoms with Gasteiger partial charge in [0.05, 0.1) is 6.04 Å². The van der Waals surface area contributed by atoms with Crippen molar-refractivity contribution in [2.24, 2.45) is 0 Å². The number of anilines is 1. The molecule has 0 saturated heterocycles. The molecule has 0 bridgehead atoms. The minimum absolute atomic E-state index is 0.254. The van der Waals surface area contributed by atoms with Crippen LogP contribution in [-0.4, -0.2) is 35.3 Å². The molecule has 30 heavy (non-hydrogen) atoms. The zero-order valence-corrected chi connectivity index (χ0v) is 17.3. The summed E-state index contributed by atoms with van der Waals surface area (Å²) >= 11 is 4.31. The predicted molar refractivity (Wildman–Crippen MR) is 123 cm³/mol. The van der Waals surface area contributed by atoms with Crippen molar-refractivity contribution in [1.82, 2.24) is 5.32 Å². The Labute approximate surface area is 181 Å². The number of hydrogen-bond donors (Lipinski definition) is 3. The van der Waals surface area contributed by atoms with Gasteiger partial charge < -0.3 is 10.4 Å². The van der Waals surface area contributed by atoms with Crippen molar-refractivity contribution >= 4 is 30.2 Å². The summed E-state index contributed by atoms with van der Waals surface area (Å²) in [6.07, 6.45) is 0. The molecule has 5 nitrogen and oxygen atoms in total. The summed E-state index contributed by atoms with van der Waals surface area (Å²) in [6, 6.07) is 26.4. The molecule has 6 heteroatoms. The summed E-state index contributed by atoms with van der Waals surface area (Å²) in [4.78, 5) is 25.6. The maximum absolute atomic E-state index is 13.0. The lowest BCUT2D eigenvalue weighted by atomic mass is 10.0. The molecule has 0 aliphatic carbocycles. The Morgan fingerprint density at radius 3 is 2.00 bits per heavy atom. The number of carbonyl (C=O) groups is 2. The van der Waals surface area contributed by atoms with Gasteiger partial charge in [0.2, 0.25) is 5.91 Å². The van der Waals surface area contributed by atoms with Gasteiger partial charge in [0.15, 0.2) is 0 Å². The molecule has 0 spiro atoms. The number of para-hydroxylation sites is 1. The summed E-state index contributed by atoms with van der Waals surface area (Å²) in [5.74, 6) is -1.13. The van der Waals surface area contributed by atoms with Gasteiger partial charge in [-0.3, -0.25) is 14.5 Å². The number of nitrogens with zero attached hydrogens (tertiary/aromatic N) is 1. The van der Waals surface area contributed by atoms with Gasteiger partial charge in [-0.05, 0) is 28.8 Å². The normalized spacial score (nSPS) is 11.6. The number of nitrogens with one attached hydrogen (secondary N) is 1. The summed E-state index contributed by atoms with van der Waals surface area (Å²) in [5.41, 5.74) is 3.84. The Balaban J connectivity index is 1.68. The van der Waals surface area contributed by atoms with Crippen LogP contribution in [0.4, 0.5) is 5.69 Å². The number of carboxylic acids is 1. The van der Waals surface area contributed by atoms with Crippen LogP contribution in [0.15, 0.2) is 84.9 Å². The van der Waals surface area contributed by atoms with E-state index in [1.165, 1.54) is 4.90 Å². The van der Waals surface area contributed by atoms with Gasteiger partial charge in [-0.25, -0.2) is 0 Å². The summed E-state index contributed by atoms with van der Waals surface area (Å²) < 4.78 is 0. The molecular formula is C24H24N2O3S. The van der Waals surface area contributed by atoms with Crippen molar-refractivity contribution in [3.8, 4) is 11.1 Å². The van der Waals surface area contributed by atoms with Gasteiger partial charge in [0.1, 0.15) is 6.54 Å². The number of rotatable bonds is 9. The molecule has 1 amide bonds. The quantitative estimate of drug-likeness (QED) is 0.460. The van der Waals surface area contributed by atoms with Crippen LogP contribution in [0.2, 0.25) is 0 Å². The lowest BCUT2D eigenvalue weighted by Crippen LogP contribution is -2.49. The first-order valence-electron chi connectivity index (χ1n) is 9.65. The molecule has 0 fully saturated rings. The number of benzene rings is 3. The highest BCUT2D eigenvalue weighted by atomic mass is 32.1. The Morgan fingerprint density at radius 1 is 0.867 bits per heavy atom. The SMILES string of the molecule is O=C(O)CN(C(=O)[C@H](CS)NCc1ccc(-c2ccccc2)cc1)c1ccccc1. The van der Waals surface area contributed by atoms with Crippen LogP contribution < -0.4 is 10.2 Å². The molecule has 3 rings (SSSR count). The van der Waals surface area contributed by atoms with Gasteiger partial charge in [0.25, 0.3) is 0 Å². The van der Waals surface area contributed by atoms with Gasteiger partial charge in [0, 0.05) is 18.0 Å². The topological polar surface area (TPSA) is 69.6 Å². The molecular weight excluding hydrogens is 396 g/mol. The van der Waals surface area contributed by atoms with Crippen molar-refractivity contribution in [3.05, 3.63) is 90.5 Å². The third-order valence-corrected chi connectivity index (χ3v) is 5.09. The van der Waals surface area contributed by atoms with E-state index in [1.807, 2.05) is 48.5 Å².